The lowest BCUT2D eigenvalue weighted by Gasteiger charge is -2.22. The van der Waals surface area contributed by atoms with Gasteiger partial charge >= 0.3 is 11.9 Å². The van der Waals surface area contributed by atoms with E-state index in [1.807, 2.05) is 22.9 Å². The average Bonchev–Trinajstić information content (AvgIpc) is 3.28. The lowest BCUT2D eigenvalue weighted by Crippen LogP contribution is -2.34. The topological polar surface area (TPSA) is 69.7 Å². The van der Waals surface area contributed by atoms with Crippen LogP contribution in [0.4, 0.5) is 0 Å². The fraction of sp³-hybridized carbons (Fsp3) is 0.389. The Morgan fingerprint density at radius 1 is 0.960 bits per heavy atom. The predicted molar refractivity (Wildman–Crippen MR) is 97.1 cm³/mol. The van der Waals surface area contributed by atoms with Crippen molar-refractivity contribution in [3.05, 3.63) is 44.8 Å². The summed E-state index contributed by atoms with van der Waals surface area (Å²) in [5, 5.41) is 3.67. The largest absolute Gasteiger partial charge is 0.465 e. The molecule has 134 valence electrons. The maximum atomic E-state index is 12.6. The first-order valence-corrected chi connectivity index (χ1v) is 9.77. The van der Waals surface area contributed by atoms with Crippen molar-refractivity contribution in [2.45, 2.75) is 26.2 Å². The van der Waals surface area contributed by atoms with E-state index < -0.39 is 23.8 Å². The van der Waals surface area contributed by atoms with Gasteiger partial charge in [0.2, 0.25) is 0 Å². The molecule has 2 aromatic heterocycles. The highest BCUT2D eigenvalue weighted by molar-refractivity contribution is 7.12. The Hall–Kier alpha value is -1.99. The number of hydrogen-bond acceptors (Lipinski definition) is 7. The van der Waals surface area contributed by atoms with Crippen molar-refractivity contribution in [3.63, 3.8) is 0 Å². The zero-order valence-electron chi connectivity index (χ0n) is 14.1. The third-order valence-electron chi connectivity index (χ3n) is 3.59. The molecule has 1 unspecified atom stereocenters. The van der Waals surface area contributed by atoms with Crippen molar-refractivity contribution in [2.75, 3.05) is 13.2 Å². The molecule has 0 amide bonds. The van der Waals surface area contributed by atoms with Crippen LogP contribution in [0.3, 0.4) is 0 Å². The van der Waals surface area contributed by atoms with E-state index in [-0.39, 0.29) is 25.4 Å². The van der Waals surface area contributed by atoms with E-state index in [9.17, 15) is 14.4 Å². The van der Waals surface area contributed by atoms with Crippen molar-refractivity contribution in [3.8, 4) is 0 Å². The maximum absolute atomic E-state index is 12.6. The van der Waals surface area contributed by atoms with Crippen LogP contribution in [0.2, 0.25) is 0 Å². The minimum absolute atomic E-state index is 0.0450. The van der Waals surface area contributed by atoms with Crippen molar-refractivity contribution >= 4 is 40.4 Å². The molecule has 0 bridgehead atoms. The monoisotopic (exact) mass is 380 g/mol. The lowest BCUT2D eigenvalue weighted by molar-refractivity contribution is -0.162. The molecular formula is C18H20O5S2. The number of hydrogen-bond donors (Lipinski definition) is 0. The van der Waals surface area contributed by atoms with Gasteiger partial charge in [-0.1, -0.05) is 12.1 Å². The van der Waals surface area contributed by atoms with Crippen LogP contribution in [0.25, 0.3) is 0 Å². The number of rotatable bonds is 9. The molecule has 0 radical (unpaired) electrons. The van der Waals surface area contributed by atoms with E-state index in [0.717, 1.165) is 4.88 Å². The molecule has 0 aliphatic heterocycles. The first kappa shape index (κ1) is 19.3. The van der Waals surface area contributed by atoms with E-state index in [4.69, 9.17) is 9.47 Å². The van der Waals surface area contributed by atoms with Gasteiger partial charge in [0.25, 0.3) is 0 Å². The van der Waals surface area contributed by atoms with Gasteiger partial charge < -0.3 is 9.47 Å². The molecule has 0 N–H and O–H groups in total. The normalized spacial score (nSPS) is 12.0. The fourth-order valence-electron chi connectivity index (χ4n) is 2.51. The Morgan fingerprint density at radius 3 is 2.04 bits per heavy atom. The fourth-order valence-corrected chi connectivity index (χ4v) is 4.05. The van der Waals surface area contributed by atoms with Gasteiger partial charge in [0, 0.05) is 17.2 Å². The van der Waals surface area contributed by atoms with Gasteiger partial charge in [-0.25, -0.2) is 0 Å². The van der Waals surface area contributed by atoms with Gasteiger partial charge in [0.1, 0.15) is 0 Å². The summed E-state index contributed by atoms with van der Waals surface area (Å²) < 4.78 is 10.2. The Morgan fingerprint density at radius 2 is 1.56 bits per heavy atom. The summed E-state index contributed by atoms with van der Waals surface area (Å²) in [5.41, 5.74) is 0. The summed E-state index contributed by atoms with van der Waals surface area (Å²) in [5.74, 6) is -3.17. The van der Waals surface area contributed by atoms with Gasteiger partial charge in [0.15, 0.2) is 11.7 Å². The van der Waals surface area contributed by atoms with Crippen molar-refractivity contribution < 1.29 is 23.9 Å². The Kier molecular flexibility index (Phi) is 7.33. The highest BCUT2D eigenvalue weighted by atomic mass is 32.1. The minimum atomic E-state index is -1.15. The zero-order chi connectivity index (χ0) is 18.2. The van der Waals surface area contributed by atoms with Gasteiger partial charge in [-0.05, 0) is 36.7 Å². The Labute approximate surface area is 154 Å². The number of ketones is 1. The summed E-state index contributed by atoms with van der Waals surface area (Å²) in [7, 11) is 0. The van der Waals surface area contributed by atoms with E-state index >= 15 is 0 Å². The summed E-state index contributed by atoms with van der Waals surface area (Å²) in [6.45, 7) is 3.67. The highest BCUT2D eigenvalue weighted by Crippen LogP contribution is 2.35. The molecule has 7 heteroatoms. The van der Waals surface area contributed by atoms with Gasteiger partial charge in [-0.3, -0.25) is 14.4 Å². The van der Waals surface area contributed by atoms with Crippen LogP contribution in [0.1, 0.15) is 40.7 Å². The minimum Gasteiger partial charge on any atom is -0.465 e. The summed E-state index contributed by atoms with van der Waals surface area (Å²) >= 11 is 2.75. The standard InChI is InChI=1S/C18H20O5S2/c1-3-22-17(20)16(18(21)23-4-2)12(14-7-5-9-24-14)11-13(19)15-8-6-10-25-15/h5-10,12,16H,3-4,11H2,1-2H3. The van der Waals surface area contributed by atoms with E-state index in [1.54, 1.807) is 26.0 Å². The number of Topliss-reactive ketones (excluding diaryl/α,β-unsaturated/α-hetero) is 1. The SMILES string of the molecule is CCOC(=O)C(C(=O)OCC)C(CC(=O)c1cccs1)c1cccs1. The zero-order valence-corrected chi connectivity index (χ0v) is 15.7. The van der Waals surface area contributed by atoms with Crippen LogP contribution in [0, 0.1) is 5.92 Å². The Bertz CT molecular complexity index is 673. The van der Waals surface area contributed by atoms with Crippen LogP contribution in [0.15, 0.2) is 35.0 Å². The smallest absolute Gasteiger partial charge is 0.320 e. The molecule has 2 heterocycles. The van der Waals surface area contributed by atoms with Crippen LogP contribution < -0.4 is 0 Å². The van der Waals surface area contributed by atoms with Gasteiger partial charge in [0.05, 0.1) is 18.1 Å². The average molecular weight is 380 g/mol. The van der Waals surface area contributed by atoms with Crippen LogP contribution in [0.5, 0.6) is 0 Å². The summed E-state index contributed by atoms with van der Waals surface area (Å²) in [4.78, 5) is 38.9. The first-order valence-electron chi connectivity index (χ1n) is 8.01. The molecule has 0 fully saturated rings. The van der Waals surface area contributed by atoms with Crippen molar-refractivity contribution in [1.82, 2.24) is 0 Å². The molecule has 5 nitrogen and oxygen atoms in total. The van der Waals surface area contributed by atoms with E-state index in [2.05, 4.69) is 0 Å². The number of ether oxygens (including phenoxy) is 2. The second-order valence-corrected chi connectivity index (χ2v) is 7.14. The summed E-state index contributed by atoms with van der Waals surface area (Å²) in [6, 6.07) is 7.19. The second kappa shape index (κ2) is 9.48. The van der Waals surface area contributed by atoms with Crippen molar-refractivity contribution in [1.29, 1.82) is 0 Å². The van der Waals surface area contributed by atoms with E-state index in [0.29, 0.717) is 4.88 Å². The number of thiophene rings is 2. The van der Waals surface area contributed by atoms with Crippen LogP contribution >= 0.6 is 22.7 Å². The molecule has 1 atom stereocenters. The highest BCUT2D eigenvalue weighted by Gasteiger charge is 2.40. The third kappa shape index (κ3) is 4.99. The second-order valence-electron chi connectivity index (χ2n) is 5.21. The quantitative estimate of drug-likeness (QED) is 0.375. The number of carbonyl (C=O) groups is 3. The molecule has 0 spiro atoms. The molecule has 25 heavy (non-hydrogen) atoms. The number of esters is 2. The molecule has 0 saturated carbocycles. The molecular weight excluding hydrogens is 360 g/mol. The molecule has 0 aromatic carbocycles. The first-order chi connectivity index (χ1) is 12.1. The lowest BCUT2D eigenvalue weighted by atomic mass is 9.86. The molecule has 0 aliphatic carbocycles. The van der Waals surface area contributed by atoms with Gasteiger partial charge in [-0.2, -0.15) is 0 Å². The summed E-state index contributed by atoms with van der Waals surface area (Å²) in [6.07, 6.45) is 0.0450. The maximum Gasteiger partial charge on any atom is 0.320 e. The third-order valence-corrected chi connectivity index (χ3v) is 5.51. The van der Waals surface area contributed by atoms with Crippen LogP contribution in [-0.2, 0) is 19.1 Å². The van der Waals surface area contributed by atoms with Gasteiger partial charge in [-0.15, -0.1) is 22.7 Å². The Balaban J connectivity index is 2.34. The molecule has 0 aliphatic rings. The molecule has 2 rings (SSSR count). The molecule has 0 saturated heterocycles. The predicted octanol–water partition coefficient (Wildman–Crippen LogP) is 3.91. The van der Waals surface area contributed by atoms with Crippen molar-refractivity contribution in [2.24, 2.45) is 5.92 Å². The number of carbonyl (C=O) groups excluding carboxylic acids is 3. The van der Waals surface area contributed by atoms with E-state index in [1.165, 1.54) is 22.7 Å². The van der Waals surface area contributed by atoms with Crippen LogP contribution in [-0.4, -0.2) is 30.9 Å². The molecule has 2 aromatic rings.